The van der Waals surface area contributed by atoms with Crippen LogP contribution in [-0.2, 0) is 6.18 Å². The third-order valence-electron chi connectivity index (χ3n) is 2.86. The topological polar surface area (TPSA) is 64.3 Å². The van der Waals surface area contributed by atoms with E-state index < -0.39 is 17.7 Å². The highest BCUT2D eigenvalue weighted by atomic mass is 19.4. The Morgan fingerprint density at radius 3 is 2.29 bits per heavy atom. The second kappa shape index (κ2) is 5.12. The molecule has 21 heavy (non-hydrogen) atoms. The predicted molar refractivity (Wildman–Crippen MR) is 66.8 cm³/mol. The fourth-order valence-electron chi connectivity index (χ4n) is 1.91. The van der Waals surface area contributed by atoms with Crippen molar-refractivity contribution in [2.24, 2.45) is 0 Å². The van der Waals surface area contributed by atoms with E-state index in [-0.39, 0.29) is 22.8 Å². The first-order valence-electron chi connectivity index (χ1n) is 5.80. The molecule has 0 fully saturated rings. The number of rotatable bonds is 3. The van der Waals surface area contributed by atoms with E-state index in [9.17, 15) is 18.0 Å². The van der Waals surface area contributed by atoms with Gasteiger partial charge < -0.3 is 9.84 Å². The molecule has 2 aromatic rings. The molecule has 0 bridgehead atoms. The number of nitrogens with zero attached hydrogens (tertiary/aromatic N) is 2. The molecule has 5 nitrogen and oxygen atoms in total. The number of alkyl halides is 3. The number of aromatic nitrogens is 2. The molecule has 0 unspecified atom stereocenters. The Hall–Kier alpha value is -2.51. The minimum absolute atomic E-state index is 0.0419. The Balaban J connectivity index is 2.52. The van der Waals surface area contributed by atoms with E-state index in [1.807, 2.05) is 0 Å². The molecule has 8 heteroatoms. The molecule has 0 atom stereocenters. The standard InChI is InChI=1S/C13H11F3N2O3/c1-7-10(12(19)20)11(21-2)18(17-7)9-5-3-8(4-6-9)13(14,15)16/h3-6H,1-2H3,(H,19,20). The maximum atomic E-state index is 12.5. The van der Waals surface area contributed by atoms with Crippen LogP contribution < -0.4 is 4.74 Å². The van der Waals surface area contributed by atoms with Crippen LogP contribution in [0.1, 0.15) is 21.6 Å². The van der Waals surface area contributed by atoms with Crippen molar-refractivity contribution in [3.05, 3.63) is 41.1 Å². The lowest BCUT2D eigenvalue weighted by Crippen LogP contribution is -2.06. The summed E-state index contributed by atoms with van der Waals surface area (Å²) < 4.78 is 43.7. The molecule has 1 N–H and O–H groups in total. The lowest BCUT2D eigenvalue weighted by molar-refractivity contribution is -0.137. The van der Waals surface area contributed by atoms with E-state index in [1.165, 1.54) is 26.2 Å². The highest BCUT2D eigenvalue weighted by Crippen LogP contribution is 2.31. The molecular formula is C13H11F3N2O3. The number of aryl methyl sites for hydroxylation is 1. The second-order valence-corrected chi connectivity index (χ2v) is 4.23. The largest absolute Gasteiger partial charge is 0.480 e. The average molecular weight is 300 g/mol. The zero-order valence-corrected chi connectivity index (χ0v) is 11.1. The molecule has 1 aromatic carbocycles. The van der Waals surface area contributed by atoms with Gasteiger partial charge in [0, 0.05) is 0 Å². The summed E-state index contributed by atoms with van der Waals surface area (Å²) >= 11 is 0. The van der Waals surface area contributed by atoms with Crippen molar-refractivity contribution in [3.8, 4) is 11.6 Å². The number of carbonyl (C=O) groups is 1. The SMILES string of the molecule is COc1c(C(=O)O)c(C)nn1-c1ccc(C(F)(F)F)cc1. The summed E-state index contributed by atoms with van der Waals surface area (Å²) in [5.74, 6) is -1.26. The molecule has 2 rings (SSSR count). The van der Waals surface area contributed by atoms with Gasteiger partial charge in [-0.2, -0.15) is 18.3 Å². The normalized spacial score (nSPS) is 11.5. The summed E-state index contributed by atoms with van der Waals surface area (Å²) in [5, 5.41) is 13.1. The summed E-state index contributed by atoms with van der Waals surface area (Å²) in [4.78, 5) is 11.1. The van der Waals surface area contributed by atoms with Crippen LogP contribution in [0.5, 0.6) is 5.88 Å². The Morgan fingerprint density at radius 2 is 1.86 bits per heavy atom. The zero-order chi connectivity index (χ0) is 15.8. The van der Waals surface area contributed by atoms with E-state index in [0.29, 0.717) is 0 Å². The van der Waals surface area contributed by atoms with Crippen LogP contribution in [0, 0.1) is 6.92 Å². The second-order valence-electron chi connectivity index (χ2n) is 4.23. The van der Waals surface area contributed by atoms with Crippen LogP contribution in [0.4, 0.5) is 13.2 Å². The number of hydrogen-bond acceptors (Lipinski definition) is 3. The number of carboxylic acids is 1. The first-order valence-corrected chi connectivity index (χ1v) is 5.80. The first-order chi connectivity index (χ1) is 9.75. The van der Waals surface area contributed by atoms with Gasteiger partial charge in [-0.05, 0) is 31.2 Å². The summed E-state index contributed by atoms with van der Waals surface area (Å²) in [6.07, 6.45) is -4.44. The van der Waals surface area contributed by atoms with Gasteiger partial charge in [0.05, 0.1) is 24.1 Å². The van der Waals surface area contributed by atoms with Crippen molar-refractivity contribution in [1.82, 2.24) is 9.78 Å². The molecule has 0 aliphatic heterocycles. The lowest BCUT2D eigenvalue weighted by Gasteiger charge is -2.09. The minimum atomic E-state index is -4.44. The Morgan fingerprint density at radius 1 is 1.29 bits per heavy atom. The van der Waals surface area contributed by atoms with E-state index in [4.69, 9.17) is 9.84 Å². The van der Waals surface area contributed by atoms with E-state index >= 15 is 0 Å². The quantitative estimate of drug-likeness (QED) is 0.946. The van der Waals surface area contributed by atoms with Crippen molar-refractivity contribution < 1.29 is 27.8 Å². The molecule has 0 aliphatic carbocycles. The molecular weight excluding hydrogens is 289 g/mol. The van der Waals surface area contributed by atoms with Gasteiger partial charge in [-0.25, -0.2) is 9.48 Å². The van der Waals surface area contributed by atoms with Gasteiger partial charge in [0.15, 0.2) is 0 Å². The molecule has 0 aliphatic rings. The number of hydrogen-bond donors (Lipinski definition) is 1. The highest BCUT2D eigenvalue weighted by Gasteiger charge is 2.30. The molecule has 0 spiro atoms. The van der Waals surface area contributed by atoms with Crippen molar-refractivity contribution in [2.45, 2.75) is 13.1 Å². The fraction of sp³-hybridized carbons (Fsp3) is 0.231. The number of aromatic carboxylic acids is 1. The predicted octanol–water partition coefficient (Wildman–Crippen LogP) is 2.91. The Kier molecular flexibility index (Phi) is 3.63. The van der Waals surface area contributed by atoms with Gasteiger partial charge in [-0.1, -0.05) is 0 Å². The Bertz CT molecular complexity index is 675. The Labute approximate surface area is 117 Å². The van der Waals surface area contributed by atoms with Crippen LogP contribution in [0.2, 0.25) is 0 Å². The summed E-state index contributed by atoms with van der Waals surface area (Å²) in [5.41, 5.74) is -0.445. The molecule has 1 heterocycles. The number of benzene rings is 1. The molecule has 0 saturated carbocycles. The first kappa shape index (κ1) is 14.9. The smallest absolute Gasteiger partial charge is 0.416 e. The summed E-state index contributed by atoms with van der Waals surface area (Å²) in [7, 11) is 1.27. The maximum absolute atomic E-state index is 12.5. The van der Waals surface area contributed by atoms with Gasteiger partial charge in [-0.3, -0.25) is 0 Å². The molecule has 0 radical (unpaired) electrons. The minimum Gasteiger partial charge on any atom is -0.480 e. The monoisotopic (exact) mass is 300 g/mol. The van der Waals surface area contributed by atoms with Crippen molar-refractivity contribution >= 4 is 5.97 Å². The third kappa shape index (κ3) is 2.69. The van der Waals surface area contributed by atoms with Crippen LogP contribution >= 0.6 is 0 Å². The fourth-order valence-corrected chi connectivity index (χ4v) is 1.91. The molecule has 0 saturated heterocycles. The van der Waals surface area contributed by atoms with Crippen molar-refractivity contribution in [2.75, 3.05) is 7.11 Å². The van der Waals surface area contributed by atoms with Crippen LogP contribution in [0.15, 0.2) is 24.3 Å². The summed E-state index contributed by atoms with van der Waals surface area (Å²) in [6, 6.07) is 4.19. The number of methoxy groups -OCH3 is 1. The van der Waals surface area contributed by atoms with Crippen molar-refractivity contribution in [3.63, 3.8) is 0 Å². The lowest BCUT2D eigenvalue weighted by atomic mass is 10.2. The zero-order valence-electron chi connectivity index (χ0n) is 11.1. The van der Waals surface area contributed by atoms with Gasteiger partial charge in [0.1, 0.15) is 5.56 Å². The molecule has 1 aromatic heterocycles. The van der Waals surface area contributed by atoms with E-state index in [1.54, 1.807) is 0 Å². The summed E-state index contributed by atoms with van der Waals surface area (Å²) in [6.45, 7) is 1.48. The number of carboxylic acid groups (broad SMARTS) is 1. The van der Waals surface area contributed by atoms with Gasteiger partial charge in [0.2, 0.25) is 5.88 Å². The van der Waals surface area contributed by atoms with E-state index in [2.05, 4.69) is 5.10 Å². The third-order valence-corrected chi connectivity index (χ3v) is 2.86. The number of ether oxygens (including phenoxy) is 1. The maximum Gasteiger partial charge on any atom is 0.416 e. The van der Waals surface area contributed by atoms with Gasteiger partial charge >= 0.3 is 12.1 Å². The average Bonchev–Trinajstić information content (AvgIpc) is 2.74. The van der Waals surface area contributed by atoms with Gasteiger partial charge in [-0.15, -0.1) is 0 Å². The van der Waals surface area contributed by atoms with Crippen LogP contribution in [-0.4, -0.2) is 28.0 Å². The van der Waals surface area contributed by atoms with Crippen LogP contribution in [0.3, 0.4) is 0 Å². The van der Waals surface area contributed by atoms with Crippen LogP contribution in [0.25, 0.3) is 5.69 Å². The molecule has 112 valence electrons. The number of halogens is 3. The van der Waals surface area contributed by atoms with Gasteiger partial charge in [0.25, 0.3) is 0 Å². The highest BCUT2D eigenvalue weighted by molar-refractivity contribution is 5.91. The van der Waals surface area contributed by atoms with Crippen molar-refractivity contribution in [1.29, 1.82) is 0 Å². The van der Waals surface area contributed by atoms with E-state index in [0.717, 1.165) is 16.8 Å². The molecule has 0 amide bonds.